The molecule has 1 saturated heterocycles. The van der Waals surface area contributed by atoms with Crippen molar-refractivity contribution in [2.24, 2.45) is 10.9 Å². The van der Waals surface area contributed by atoms with E-state index in [-0.39, 0.29) is 35.9 Å². The SMILES string of the molecule is CN=C(NCCc1ccc(OC)c(OC)c1)NC1CCN(C(=O)C2CCCCC2)C1.I. The highest BCUT2D eigenvalue weighted by Gasteiger charge is 2.31. The molecule has 1 aliphatic heterocycles. The standard InChI is InChI=1S/C23H36N4O3.HI/c1-24-23(25-13-11-17-9-10-20(29-2)21(15-17)30-3)26-19-12-14-27(16-19)22(28)18-7-5-4-6-8-18;/h9-10,15,18-19H,4-8,11-14,16H2,1-3H3,(H2,24,25,26);1H. The largest absolute Gasteiger partial charge is 0.493 e. The number of halogens is 1. The molecule has 1 unspecified atom stereocenters. The van der Waals surface area contributed by atoms with Gasteiger partial charge in [-0.15, -0.1) is 24.0 Å². The van der Waals surface area contributed by atoms with Gasteiger partial charge in [0.05, 0.1) is 14.2 Å². The van der Waals surface area contributed by atoms with Gasteiger partial charge in [0.25, 0.3) is 0 Å². The van der Waals surface area contributed by atoms with Crippen LogP contribution in [0.4, 0.5) is 0 Å². The number of aliphatic imine (C=N–C) groups is 1. The fraction of sp³-hybridized carbons (Fsp3) is 0.652. The van der Waals surface area contributed by atoms with Crippen molar-refractivity contribution in [2.75, 3.05) is 40.9 Å². The van der Waals surface area contributed by atoms with Crippen molar-refractivity contribution in [3.8, 4) is 11.5 Å². The molecule has 1 aromatic rings. The maximum atomic E-state index is 12.8. The molecule has 0 radical (unpaired) electrons. The summed E-state index contributed by atoms with van der Waals surface area (Å²) in [5, 5.41) is 6.86. The highest BCUT2D eigenvalue weighted by Crippen LogP contribution is 2.28. The Morgan fingerprint density at radius 2 is 1.87 bits per heavy atom. The van der Waals surface area contributed by atoms with E-state index in [9.17, 15) is 4.79 Å². The maximum Gasteiger partial charge on any atom is 0.225 e. The number of benzene rings is 1. The molecule has 0 aromatic heterocycles. The van der Waals surface area contributed by atoms with Gasteiger partial charge in [-0.05, 0) is 43.4 Å². The molecular formula is C23H37IN4O3. The number of amides is 1. The number of nitrogens with one attached hydrogen (secondary N) is 2. The predicted molar refractivity (Wildman–Crippen MR) is 135 cm³/mol. The van der Waals surface area contributed by atoms with Gasteiger partial charge in [-0.25, -0.2) is 0 Å². The number of carbonyl (C=O) groups is 1. The molecule has 1 atom stereocenters. The predicted octanol–water partition coefficient (Wildman–Crippen LogP) is 3.21. The number of hydrogen-bond acceptors (Lipinski definition) is 4. The molecule has 7 nitrogen and oxygen atoms in total. The molecular weight excluding hydrogens is 507 g/mol. The average molecular weight is 544 g/mol. The van der Waals surface area contributed by atoms with Crippen LogP contribution in [-0.4, -0.2) is 63.7 Å². The van der Waals surface area contributed by atoms with Crippen LogP contribution in [0, 0.1) is 5.92 Å². The molecule has 2 N–H and O–H groups in total. The highest BCUT2D eigenvalue weighted by molar-refractivity contribution is 14.0. The van der Waals surface area contributed by atoms with E-state index in [1.807, 2.05) is 23.1 Å². The number of carbonyl (C=O) groups excluding carboxylic acids is 1. The average Bonchev–Trinajstić information content (AvgIpc) is 3.26. The van der Waals surface area contributed by atoms with Crippen LogP contribution in [0.25, 0.3) is 0 Å². The number of methoxy groups -OCH3 is 2. The normalized spacial score (nSPS) is 19.5. The number of rotatable bonds is 7. The summed E-state index contributed by atoms with van der Waals surface area (Å²) in [6.45, 7) is 2.37. The molecule has 8 heteroatoms. The number of ether oxygens (including phenoxy) is 2. The minimum Gasteiger partial charge on any atom is -0.493 e. The van der Waals surface area contributed by atoms with Crippen LogP contribution in [0.15, 0.2) is 23.2 Å². The fourth-order valence-electron chi connectivity index (χ4n) is 4.44. The lowest BCUT2D eigenvalue weighted by Crippen LogP contribution is -2.46. The van der Waals surface area contributed by atoms with Gasteiger partial charge in [-0.3, -0.25) is 9.79 Å². The van der Waals surface area contributed by atoms with Gasteiger partial charge in [-0.2, -0.15) is 0 Å². The Labute approximate surface area is 203 Å². The van der Waals surface area contributed by atoms with Crippen molar-refractivity contribution in [1.82, 2.24) is 15.5 Å². The summed E-state index contributed by atoms with van der Waals surface area (Å²) >= 11 is 0. The van der Waals surface area contributed by atoms with E-state index in [0.717, 1.165) is 62.8 Å². The summed E-state index contributed by atoms with van der Waals surface area (Å²) in [6.07, 6.45) is 7.61. The first-order chi connectivity index (χ1) is 14.6. The summed E-state index contributed by atoms with van der Waals surface area (Å²) in [5.74, 6) is 2.87. The van der Waals surface area contributed by atoms with Crippen LogP contribution in [0.5, 0.6) is 11.5 Å². The zero-order valence-corrected chi connectivity index (χ0v) is 21.3. The molecule has 1 heterocycles. The molecule has 0 spiro atoms. The van der Waals surface area contributed by atoms with Gasteiger partial charge < -0.3 is 25.0 Å². The summed E-state index contributed by atoms with van der Waals surface area (Å²) in [7, 11) is 5.07. The summed E-state index contributed by atoms with van der Waals surface area (Å²) in [4.78, 5) is 19.2. The second-order valence-electron chi connectivity index (χ2n) is 8.19. The Hall–Kier alpha value is -1.71. The van der Waals surface area contributed by atoms with Crippen LogP contribution in [0.3, 0.4) is 0 Å². The van der Waals surface area contributed by atoms with E-state index in [2.05, 4.69) is 15.6 Å². The zero-order valence-electron chi connectivity index (χ0n) is 19.0. The maximum absolute atomic E-state index is 12.8. The first kappa shape index (κ1) is 25.5. The van der Waals surface area contributed by atoms with Gasteiger partial charge in [0.2, 0.25) is 5.91 Å². The molecule has 174 valence electrons. The quantitative estimate of drug-likeness (QED) is 0.314. The third-order valence-electron chi connectivity index (χ3n) is 6.17. The number of nitrogens with zero attached hydrogens (tertiary/aromatic N) is 2. The second kappa shape index (κ2) is 13.0. The summed E-state index contributed by atoms with van der Waals surface area (Å²) in [5.41, 5.74) is 1.17. The second-order valence-corrected chi connectivity index (χ2v) is 8.19. The van der Waals surface area contributed by atoms with Crippen molar-refractivity contribution < 1.29 is 14.3 Å². The molecule has 1 aliphatic carbocycles. The molecule has 2 aliphatic rings. The summed E-state index contributed by atoms with van der Waals surface area (Å²) < 4.78 is 10.7. The van der Waals surface area contributed by atoms with Crippen LogP contribution in [0.1, 0.15) is 44.1 Å². The van der Waals surface area contributed by atoms with Crippen LogP contribution in [0.2, 0.25) is 0 Å². The highest BCUT2D eigenvalue weighted by atomic mass is 127. The Balaban J connectivity index is 0.00000341. The van der Waals surface area contributed by atoms with Crippen molar-refractivity contribution in [1.29, 1.82) is 0 Å². The van der Waals surface area contributed by atoms with E-state index in [1.165, 1.54) is 24.8 Å². The smallest absolute Gasteiger partial charge is 0.225 e. The Kier molecular flexibility index (Phi) is 10.7. The van der Waals surface area contributed by atoms with E-state index in [1.54, 1.807) is 21.3 Å². The lowest BCUT2D eigenvalue weighted by atomic mass is 9.88. The third-order valence-corrected chi connectivity index (χ3v) is 6.17. The van der Waals surface area contributed by atoms with Crippen molar-refractivity contribution >= 4 is 35.8 Å². The monoisotopic (exact) mass is 544 g/mol. The van der Waals surface area contributed by atoms with Gasteiger partial charge in [-0.1, -0.05) is 25.3 Å². The number of likely N-dealkylation sites (tertiary alicyclic amines) is 1. The Bertz CT molecular complexity index is 738. The van der Waals surface area contributed by atoms with Crippen molar-refractivity contribution in [2.45, 2.75) is 51.0 Å². The summed E-state index contributed by atoms with van der Waals surface area (Å²) in [6, 6.07) is 6.23. The van der Waals surface area contributed by atoms with Gasteiger partial charge in [0, 0.05) is 38.6 Å². The number of guanidine groups is 1. The van der Waals surface area contributed by atoms with Gasteiger partial charge >= 0.3 is 0 Å². The van der Waals surface area contributed by atoms with Crippen molar-refractivity contribution in [3.63, 3.8) is 0 Å². The molecule has 0 bridgehead atoms. The number of hydrogen-bond donors (Lipinski definition) is 2. The third kappa shape index (κ3) is 7.15. The van der Waals surface area contributed by atoms with Crippen molar-refractivity contribution in [3.05, 3.63) is 23.8 Å². The van der Waals surface area contributed by atoms with Crippen LogP contribution >= 0.6 is 24.0 Å². The van der Waals surface area contributed by atoms with Crippen LogP contribution in [-0.2, 0) is 11.2 Å². The Morgan fingerprint density at radius 3 is 2.55 bits per heavy atom. The Morgan fingerprint density at radius 1 is 1.13 bits per heavy atom. The molecule has 31 heavy (non-hydrogen) atoms. The van der Waals surface area contributed by atoms with Gasteiger partial charge in [0.15, 0.2) is 17.5 Å². The van der Waals surface area contributed by atoms with Gasteiger partial charge in [0.1, 0.15) is 0 Å². The lowest BCUT2D eigenvalue weighted by Gasteiger charge is -2.26. The zero-order chi connectivity index (χ0) is 21.3. The molecule has 1 aromatic carbocycles. The van der Waals surface area contributed by atoms with E-state index in [4.69, 9.17) is 9.47 Å². The minimum atomic E-state index is 0. The molecule has 1 amide bonds. The topological polar surface area (TPSA) is 75.2 Å². The first-order valence-electron chi connectivity index (χ1n) is 11.1. The minimum absolute atomic E-state index is 0. The molecule has 2 fully saturated rings. The van der Waals surface area contributed by atoms with Crippen LogP contribution < -0.4 is 20.1 Å². The first-order valence-corrected chi connectivity index (χ1v) is 11.1. The molecule has 3 rings (SSSR count). The molecule has 1 saturated carbocycles. The lowest BCUT2D eigenvalue weighted by molar-refractivity contribution is -0.135. The van der Waals surface area contributed by atoms with E-state index < -0.39 is 0 Å². The van der Waals surface area contributed by atoms with E-state index in [0.29, 0.717) is 5.91 Å². The van der Waals surface area contributed by atoms with E-state index >= 15 is 0 Å². The fourth-order valence-corrected chi connectivity index (χ4v) is 4.44.